The standard InChI is InChI=1S/C22H29N5O3S/c1-24-22(25-13-18-8-5-9-19(12-18)31(23,28)29)27-15-20-21(16-27)30-11-10-26(20)14-17-6-3-2-4-7-17/h2-9,12,20-21H,10-11,13-16H2,1H3,(H,24,25)(H2,23,28,29). The fraction of sp³-hybridized carbons (Fsp3) is 0.409. The molecule has 0 radical (unpaired) electrons. The number of guanidine groups is 1. The molecule has 2 aliphatic heterocycles. The molecule has 9 heteroatoms. The van der Waals surface area contributed by atoms with Crippen LogP contribution in [-0.4, -0.2) is 69.6 Å². The number of rotatable bonds is 5. The van der Waals surface area contributed by atoms with Crippen LogP contribution in [0.5, 0.6) is 0 Å². The van der Waals surface area contributed by atoms with Gasteiger partial charge in [0.1, 0.15) is 0 Å². The summed E-state index contributed by atoms with van der Waals surface area (Å²) in [6.07, 6.45) is 0.140. The van der Waals surface area contributed by atoms with Crippen molar-refractivity contribution in [3.8, 4) is 0 Å². The topological polar surface area (TPSA) is 100 Å². The van der Waals surface area contributed by atoms with E-state index in [1.54, 1.807) is 19.2 Å². The van der Waals surface area contributed by atoms with E-state index in [9.17, 15) is 8.42 Å². The van der Waals surface area contributed by atoms with Crippen molar-refractivity contribution in [2.45, 2.75) is 30.1 Å². The molecule has 0 aromatic heterocycles. The molecule has 2 atom stereocenters. The van der Waals surface area contributed by atoms with E-state index in [1.807, 2.05) is 12.1 Å². The lowest BCUT2D eigenvalue weighted by molar-refractivity contribution is -0.0502. The van der Waals surface area contributed by atoms with E-state index in [4.69, 9.17) is 9.88 Å². The molecular formula is C22H29N5O3S. The summed E-state index contributed by atoms with van der Waals surface area (Å²) in [4.78, 5) is 9.25. The van der Waals surface area contributed by atoms with Crippen molar-refractivity contribution >= 4 is 16.0 Å². The molecule has 2 unspecified atom stereocenters. The quantitative estimate of drug-likeness (QED) is 0.528. The molecule has 0 saturated carbocycles. The van der Waals surface area contributed by atoms with Gasteiger partial charge in [0, 0.05) is 39.8 Å². The van der Waals surface area contributed by atoms with Gasteiger partial charge in [0.15, 0.2) is 5.96 Å². The highest BCUT2D eigenvalue weighted by atomic mass is 32.2. The van der Waals surface area contributed by atoms with Crippen LogP contribution in [0.1, 0.15) is 11.1 Å². The van der Waals surface area contributed by atoms with Gasteiger partial charge in [-0.1, -0.05) is 42.5 Å². The van der Waals surface area contributed by atoms with Crippen LogP contribution in [0.3, 0.4) is 0 Å². The normalized spacial score (nSPS) is 22.4. The summed E-state index contributed by atoms with van der Waals surface area (Å²) in [5.74, 6) is 0.777. The largest absolute Gasteiger partial charge is 0.373 e. The first-order chi connectivity index (χ1) is 14.9. The van der Waals surface area contributed by atoms with E-state index >= 15 is 0 Å². The average molecular weight is 444 g/mol. The first-order valence-corrected chi connectivity index (χ1v) is 12.0. The fourth-order valence-electron chi connectivity index (χ4n) is 4.29. The third-order valence-electron chi connectivity index (χ3n) is 5.83. The summed E-state index contributed by atoms with van der Waals surface area (Å²) in [5.41, 5.74) is 2.13. The van der Waals surface area contributed by atoms with Gasteiger partial charge in [-0.2, -0.15) is 0 Å². The average Bonchev–Trinajstić information content (AvgIpc) is 3.20. The van der Waals surface area contributed by atoms with E-state index in [2.05, 4.69) is 44.4 Å². The monoisotopic (exact) mass is 443 g/mol. The molecule has 166 valence electrons. The van der Waals surface area contributed by atoms with Crippen LogP contribution in [0, 0.1) is 0 Å². The van der Waals surface area contributed by atoms with Crippen LogP contribution < -0.4 is 10.5 Å². The van der Waals surface area contributed by atoms with Gasteiger partial charge in [0.2, 0.25) is 10.0 Å². The molecule has 3 N–H and O–H groups in total. The lowest BCUT2D eigenvalue weighted by Crippen LogP contribution is -2.50. The Labute approximate surface area is 183 Å². The zero-order valence-corrected chi connectivity index (χ0v) is 18.5. The number of benzene rings is 2. The molecule has 8 nitrogen and oxygen atoms in total. The predicted octanol–water partition coefficient (Wildman–Crippen LogP) is 0.995. The van der Waals surface area contributed by atoms with Crippen LogP contribution in [0.15, 0.2) is 64.5 Å². The zero-order valence-electron chi connectivity index (χ0n) is 17.6. The van der Waals surface area contributed by atoms with E-state index in [-0.39, 0.29) is 11.0 Å². The molecule has 2 aliphatic rings. The minimum absolute atomic E-state index is 0.110. The van der Waals surface area contributed by atoms with Crippen molar-refractivity contribution in [1.29, 1.82) is 0 Å². The number of morpholine rings is 1. The van der Waals surface area contributed by atoms with Gasteiger partial charge in [-0.3, -0.25) is 9.89 Å². The highest BCUT2D eigenvalue weighted by Crippen LogP contribution is 2.24. The van der Waals surface area contributed by atoms with Crippen molar-refractivity contribution in [2.75, 3.05) is 33.3 Å². The van der Waals surface area contributed by atoms with Gasteiger partial charge in [-0.15, -0.1) is 0 Å². The van der Waals surface area contributed by atoms with E-state index in [0.717, 1.165) is 44.3 Å². The number of primary sulfonamides is 1. The van der Waals surface area contributed by atoms with Crippen molar-refractivity contribution in [1.82, 2.24) is 15.1 Å². The number of likely N-dealkylation sites (tertiary alicyclic amines) is 1. The number of sulfonamides is 1. The predicted molar refractivity (Wildman–Crippen MR) is 120 cm³/mol. The highest BCUT2D eigenvalue weighted by molar-refractivity contribution is 7.89. The Kier molecular flexibility index (Phi) is 6.57. The van der Waals surface area contributed by atoms with E-state index < -0.39 is 10.0 Å². The lowest BCUT2D eigenvalue weighted by Gasteiger charge is -2.36. The third-order valence-corrected chi connectivity index (χ3v) is 6.74. The van der Waals surface area contributed by atoms with Crippen molar-refractivity contribution in [3.63, 3.8) is 0 Å². The summed E-state index contributed by atoms with van der Waals surface area (Å²) < 4.78 is 29.3. The molecule has 2 heterocycles. The van der Waals surface area contributed by atoms with Crippen LogP contribution in [0.25, 0.3) is 0 Å². The van der Waals surface area contributed by atoms with Crippen molar-refractivity contribution in [2.24, 2.45) is 10.1 Å². The van der Waals surface area contributed by atoms with Crippen LogP contribution in [-0.2, 0) is 27.8 Å². The minimum atomic E-state index is -3.72. The molecular weight excluding hydrogens is 414 g/mol. The second-order valence-corrected chi connectivity index (χ2v) is 9.49. The number of fused-ring (bicyclic) bond motifs is 1. The van der Waals surface area contributed by atoms with Gasteiger partial charge in [-0.05, 0) is 23.3 Å². The molecule has 2 aromatic carbocycles. The smallest absolute Gasteiger partial charge is 0.238 e. The maximum atomic E-state index is 11.6. The van der Waals surface area contributed by atoms with Gasteiger partial charge in [0.25, 0.3) is 0 Å². The first kappa shape index (κ1) is 21.8. The highest BCUT2D eigenvalue weighted by Gasteiger charge is 2.41. The van der Waals surface area contributed by atoms with E-state index in [1.165, 1.54) is 11.6 Å². The third kappa shape index (κ3) is 5.24. The van der Waals surface area contributed by atoms with Crippen LogP contribution in [0.2, 0.25) is 0 Å². The Balaban J connectivity index is 1.40. The molecule has 4 rings (SSSR count). The van der Waals surface area contributed by atoms with E-state index in [0.29, 0.717) is 12.6 Å². The minimum Gasteiger partial charge on any atom is -0.373 e. The second kappa shape index (κ2) is 9.35. The summed E-state index contributed by atoms with van der Waals surface area (Å²) in [7, 11) is -1.96. The Hall–Kier alpha value is -2.46. The maximum Gasteiger partial charge on any atom is 0.238 e. The summed E-state index contributed by atoms with van der Waals surface area (Å²) in [5, 5.41) is 8.59. The number of nitrogens with one attached hydrogen (secondary N) is 1. The first-order valence-electron chi connectivity index (χ1n) is 10.4. The lowest BCUT2D eigenvalue weighted by atomic mass is 10.1. The SMILES string of the molecule is CN=C(NCc1cccc(S(N)(=O)=O)c1)N1CC2OCCN(Cc3ccccc3)C2C1. The van der Waals surface area contributed by atoms with Gasteiger partial charge in [-0.25, -0.2) is 13.6 Å². The number of hydrogen-bond donors (Lipinski definition) is 2. The Morgan fingerprint density at radius 3 is 2.68 bits per heavy atom. The van der Waals surface area contributed by atoms with Crippen molar-refractivity contribution in [3.05, 3.63) is 65.7 Å². The summed E-state index contributed by atoms with van der Waals surface area (Å²) in [6, 6.07) is 17.5. The number of aliphatic imine (C=N–C) groups is 1. The second-order valence-electron chi connectivity index (χ2n) is 7.93. The van der Waals surface area contributed by atoms with Gasteiger partial charge in [0.05, 0.1) is 23.6 Å². The number of ether oxygens (including phenoxy) is 1. The summed E-state index contributed by atoms with van der Waals surface area (Å²) >= 11 is 0. The molecule has 2 saturated heterocycles. The molecule has 2 fully saturated rings. The summed E-state index contributed by atoms with van der Waals surface area (Å²) in [6.45, 7) is 4.60. The van der Waals surface area contributed by atoms with Gasteiger partial charge < -0.3 is 15.0 Å². The van der Waals surface area contributed by atoms with Crippen molar-refractivity contribution < 1.29 is 13.2 Å². The Morgan fingerprint density at radius 2 is 1.94 bits per heavy atom. The molecule has 0 bridgehead atoms. The molecule has 2 aromatic rings. The Bertz CT molecular complexity index is 1030. The molecule has 31 heavy (non-hydrogen) atoms. The molecule has 0 aliphatic carbocycles. The zero-order chi connectivity index (χ0) is 21.8. The fourth-order valence-corrected chi connectivity index (χ4v) is 4.88. The number of nitrogens with two attached hydrogens (primary N) is 1. The maximum absolute atomic E-state index is 11.6. The molecule has 0 spiro atoms. The van der Waals surface area contributed by atoms with Crippen LogP contribution in [0.4, 0.5) is 0 Å². The number of hydrogen-bond acceptors (Lipinski definition) is 5. The number of nitrogens with zero attached hydrogens (tertiary/aromatic N) is 3. The molecule has 0 amide bonds. The Morgan fingerprint density at radius 1 is 1.16 bits per heavy atom. The van der Waals surface area contributed by atoms with Crippen LogP contribution >= 0.6 is 0 Å². The van der Waals surface area contributed by atoms with Gasteiger partial charge >= 0.3 is 0 Å².